The number of morpholine rings is 1. The van der Waals surface area contributed by atoms with Gasteiger partial charge in [0, 0.05) is 0 Å². The normalized spacial score (nSPS) is 19.6. The fourth-order valence-corrected chi connectivity index (χ4v) is 3.22. The van der Waals surface area contributed by atoms with E-state index in [9.17, 15) is 4.79 Å². The fraction of sp³-hybridized carbons (Fsp3) is 0.250. The first-order valence-corrected chi connectivity index (χ1v) is 8.69. The molecule has 7 nitrogen and oxygen atoms in total. The highest BCUT2D eigenvalue weighted by atomic mass is 16.5. The number of nitrogens with zero attached hydrogens (tertiary/aromatic N) is 3. The van der Waals surface area contributed by atoms with Crippen molar-refractivity contribution in [1.29, 1.82) is 0 Å². The SMILES string of the molecule is COc1ccc(-n2nc(C)nc2[C@H]2OCC(=O)N[C@@H]2c2ccccc2)cc1. The molecule has 0 spiro atoms. The second kappa shape index (κ2) is 7.20. The van der Waals surface area contributed by atoms with Crippen LogP contribution in [0.3, 0.4) is 0 Å². The molecule has 3 aromatic rings. The molecule has 27 heavy (non-hydrogen) atoms. The van der Waals surface area contributed by atoms with Gasteiger partial charge in [0.05, 0.1) is 18.8 Å². The Hall–Kier alpha value is -3.19. The Morgan fingerprint density at radius 3 is 2.59 bits per heavy atom. The summed E-state index contributed by atoms with van der Waals surface area (Å²) in [6.07, 6.45) is -0.451. The van der Waals surface area contributed by atoms with Crippen molar-refractivity contribution in [1.82, 2.24) is 20.1 Å². The van der Waals surface area contributed by atoms with E-state index >= 15 is 0 Å². The molecule has 138 valence electrons. The van der Waals surface area contributed by atoms with Gasteiger partial charge in [-0.2, -0.15) is 5.10 Å². The number of aryl methyl sites for hydroxylation is 1. The van der Waals surface area contributed by atoms with E-state index < -0.39 is 6.10 Å². The molecular formula is C20H20N4O3. The van der Waals surface area contributed by atoms with E-state index in [0.717, 1.165) is 17.0 Å². The minimum absolute atomic E-state index is 0.0114. The Kier molecular flexibility index (Phi) is 4.60. The molecule has 1 saturated heterocycles. The van der Waals surface area contributed by atoms with Crippen LogP contribution < -0.4 is 10.1 Å². The summed E-state index contributed by atoms with van der Waals surface area (Å²) in [5.74, 6) is 1.90. The summed E-state index contributed by atoms with van der Waals surface area (Å²) in [6.45, 7) is 1.82. The summed E-state index contributed by atoms with van der Waals surface area (Å²) in [6, 6.07) is 17.0. The molecule has 0 aliphatic carbocycles. The predicted molar refractivity (Wildman–Crippen MR) is 98.7 cm³/mol. The van der Waals surface area contributed by atoms with Crippen molar-refractivity contribution in [2.24, 2.45) is 0 Å². The van der Waals surface area contributed by atoms with Crippen LogP contribution in [-0.2, 0) is 9.53 Å². The second-order valence-electron chi connectivity index (χ2n) is 6.31. The lowest BCUT2D eigenvalue weighted by Gasteiger charge is -2.32. The van der Waals surface area contributed by atoms with Crippen LogP contribution in [0.15, 0.2) is 54.6 Å². The van der Waals surface area contributed by atoms with Crippen molar-refractivity contribution in [3.05, 3.63) is 71.8 Å². The molecule has 1 amide bonds. The first-order chi connectivity index (χ1) is 13.2. The van der Waals surface area contributed by atoms with Gasteiger partial charge in [-0.15, -0.1) is 0 Å². The van der Waals surface area contributed by atoms with Crippen LogP contribution in [0.25, 0.3) is 5.69 Å². The van der Waals surface area contributed by atoms with Crippen molar-refractivity contribution >= 4 is 5.91 Å². The maximum atomic E-state index is 12.0. The number of carbonyl (C=O) groups excluding carboxylic acids is 1. The lowest BCUT2D eigenvalue weighted by molar-refractivity contribution is -0.138. The predicted octanol–water partition coefficient (Wildman–Crippen LogP) is 2.51. The van der Waals surface area contributed by atoms with Crippen LogP contribution >= 0.6 is 0 Å². The first-order valence-electron chi connectivity index (χ1n) is 8.69. The monoisotopic (exact) mass is 364 g/mol. The number of nitrogens with one attached hydrogen (secondary N) is 1. The van der Waals surface area contributed by atoms with E-state index in [-0.39, 0.29) is 18.6 Å². The van der Waals surface area contributed by atoms with Gasteiger partial charge in [-0.25, -0.2) is 9.67 Å². The third-order valence-electron chi connectivity index (χ3n) is 4.48. The largest absolute Gasteiger partial charge is 0.497 e. The number of benzene rings is 2. The average molecular weight is 364 g/mol. The molecule has 2 atom stereocenters. The third-order valence-corrected chi connectivity index (χ3v) is 4.48. The minimum Gasteiger partial charge on any atom is -0.497 e. The molecule has 1 aromatic heterocycles. The first kappa shape index (κ1) is 17.2. The van der Waals surface area contributed by atoms with Crippen LogP contribution in [-0.4, -0.2) is 34.4 Å². The van der Waals surface area contributed by atoms with Crippen molar-refractivity contribution in [3.8, 4) is 11.4 Å². The molecule has 0 bridgehead atoms. The molecule has 2 heterocycles. The number of carbonyl (C=O) groups is 1. The number of hydrogen-bond acceptors (Lipinski definition) is 5. The highest BCUT2D eigenvalue weighted by molar-refractivity contribution is 5.78. The molecule has 0 radical (unpaired) electrons. The summed E-state index contributed by atoms with van der Waals surface area (Å²) < 4.78 is 12.9. The number of amides is 1. The average Bonchev–Trinajstić information content (AvgIpc) is 3.10. The standard InChI is InChI=1S/C20H20N4O3/c1-13-21-20(24(23-13)15-8-10-16(26-2)11-9-15)19-18(22-17(25)12-27-19)14-6-4-3-5-7-14/h3-11,18-19H,12H2,1-2H3,(H,22,25)/t18-,19+/m1/s1. The number of rotatable bonds is 4. The maximum absolute atomic E-state index is 12.0. The van der Waals surface area contributed by atoms with Gasteiger partial charge in [-0.3, -0.25) is 4.79 Å². The Bertz CT molecular complexity index is 938. The number of aromatic nitrogens is 3. The van der Waals surface area contributed by atoms with Gasteiger partial charge in [0.1, 0.15) is 24.3 Å². The maximum Gasteiger partial charge on any atom is 0.246 e. The van der Waals surface area contributed by atoms with E-state index in [0.29, 0.717) is 11.6 Å². The molecule has 1 aliphatic heterocycles. The molecule has 2 aromatic carbocycles. The van der Waals surface area contributed by atoms with E-state index in [2.05, 4.69) is 15.4 Å². The second-order valence-corrected chi connectivity index (χ2v) is 6.31. The zero-order valence-electron chi connectivity index (χ0n) is 15.1. The highest BCUT2D eigenvalue weighted by Gasteiger charge is 2.35. The topological polar surface area (TPSA) is 78.3 Å². The van der Waals surface area contributed by atoms with Crippen LogP contribution in [0.4, 0.5) is 0 Å². The lowest BCUT2D eigenvalue weighted by Crippen LogP contribution is -2.42. The Morgan fingerprint density at radius 2 is 1.89 bits per heavy atom. The minimum atomic E-state index is -0.451. The quantitative estimate of drug-likeness (QED) is 0.770. The van der Waals surface area contributed by atoms with Gasteiger partial charge in [0.15, 0.2) is 5.82 Å². The zero-order chi connectivity index (χ0) is 18.8. The summed E-state index contributed by atoms with van der Waals surface area (Å²) in [4.78, 5) is 16.6. The Balaban J connectivity index is 1.76. The molecule has 1 N–H and O–H groups in total. The van der Waals surface area contributed by atoms with Gasteiger partial charge in [0.25, 0.3) is 0 Å². The highest BCUT2D eigenvalue weighted by Crippen LogP contribution is 2.34. The van der Waals surface area contributed by atoms with Gasteiger partial charge in [-0.05, 0) is 36.8 Å². The van der Waals surface area contributed by atoms with E-state index in [1.807, 2.05) is 61.5 Å². The fourth-order valence-electron chi connectivity index (χ4n) is 3.22. The van der Waals surface area contributed by atoms with Gasteiger partial charge in [-0.1, -0.05) is 30.3 Å². The Morgan fingerprint density at radius 1 is 1.15 bits per heavy atom. The molecule has 4 rings (SSSR count). The van der Waals surface area contributed by atoms with Crippen LogP contribution in [0, 0.1) is 6.92 Å². The summed E-state index contributed by atoms with van der Waals surface area (Å²) in [5, 5.41) is 7.55. The number of methoxy groups -OCH3 is 1. The zero-order valence-corrected chi connectivity index (χ0v) is 15.1. The smallest absolute Gasteiger partial charge is 0.246 e. The molecule has 7 heteroatoms. The third kappa shape index (κ3) is 3.41. The van der Waals surface area contributed by atoms with Crippen LogP contribution in [0.5, 0.6) is 5.75 Å². The van der Waals surface area contributed by atoms with Crippen LogP contribution in [0.1, 0.15) is 29.4 Å². The van der Waals surface area contributed by atoms with Crippen molar-refractivity contribution in [2.45, 2.75) is 19.1 Å². The summed E-state index contributed by atoms with van der Waals surface area (Å²) in [7, 11) is 1.63. The van der Waals surface area contributed by atoms with Gasteiger partial charge in [0.2, 0.25) is 5.91 Å². The lowest BCUT2D eigenvalue weighted by atomic mass is 9.99. The number of hydrogen-bond donors (Lipinski definition) is 1. The summed E-state index contributed by atoms with van der Waals surface area (Å²) in [5.41, 5.74) is 1.80. The Labute approximate surface area is 156 Å². The van der Waals surface area contributed by atoms with Crippen LogP contribution in [0.2, 0.25) is 0 Å². The van der Waals surface area contributed by atoms with E-state index in [1.54, 1.807) is 11.8 Å². The van der Waals surface area contributed by atoms with Gasteiger partial charge >= 0.3 is 0 Å². The van der Waals surface area contributed by atoms with E-state index in [4.69, 9.17) is 9.47 Å². The molecule has 1 aliphatic rings. The number of ether oxygens (including phenoxy) is 2. The molecular weight excluding hydrogens is 344 g/mol. The van der Waals surface area contributed by atoms with Crippen molar-refractivity contribution in [3.63, 3.8) is 0 Å². The van der Waals surface area contributed by atoms with E-state index in [1.165, 1.54) is 0 Å². The molecule has 1 fully saturated rings. The summed E-state index contributed by atoms with van der Waals surface area (Å²) >= 11 is 0. The van der Waals surface area contributed by atoms with Gasteiger partial charge < -0.3 is 14.8 Å². The van der Waals surface area contributed by atoms with Crippen molar-refractivity contribution in [2.75, 3.05) is 13.7 Å². The molecule has 0 saturated carbocycles. The molecule has 0 unspecified atom stereocenters. The van der Waals surface area contributed by atoms with Crippen molar-refractivity contribution < 1.29 is 14.3 Å².